The van der Waals surface area contributed by atoms with Crippen molar-refractivity contribution in [1.29, 1.82) is 0 Å². The molecule has 2 heterocycles. The summed E-state index contributed by atoms with van der Waals surface area (Å²) < 4.78 is 51.3. The van der Waals surface area contributed by atoms with E-state index in [9.17, 15) is 17.6 Å². The van der Waals surface area contributed by atoms with Gasteiger partial charge >= 0.3 is 12.3 Å². The van der Waals surface area contributed by atoms with Crippen LogP contribution in [0.25, 0.3) is 11.2 Å². The van der Waals surface area contributed by atoms with Gasteiger partial charge in [-0.1, -0.05) is 0 Å². The first kappa shape index (κ1) is 13.0. The minimum atomic E-state index is -4.14. The molecule has 0 fully saturated rings. The van der Waals surface area contributed by atoms with E-state index in [4.69, 9.17) is 12.2 Å². The lowest BCUT2D eigenvalue weighted by atomic mass is 10.3. The maximum Gasteiger partial charge on any atom is 0.325 e. The van der Waals surface area contributed by atoms with Crippen molar-refractivity contribution in [3.8, 4) is 0 Å². The third kappa shape index (κ3) is 2.12. The number of halogens is 4. The number of aromatic nitrogens is 3. The lowest BCUT2D eigenvalue weighted by Crippen LogP contribution is -2.32. The lowest BCUT2D eigenvalue weighted by molar-refractivity contribution is -0.137. The molecule has 18 heavy (non-hydrogen) atoms. The summed E-state index contributed by atoms with van der Waals surface area (Å²) in [6.07, 6.45) is -2.33. The third-order valence-corrected chi connectivity index (χ3v) is 2.88. The second-order valence-electron chi connectivity index (χ2n) is 3.90. The number of fused-ring (bicyclic) bond motifs is 1. The molecule has 0 aromatic carbocycles. The van der Waals surface area contributed by atoms with Gasteiger partial charge in [-0.15, -0.1) is 0 Å². The molecule has 0 amide bonds. The lowest BCUT2D eigenvalue weighted by Gasteiger charge is -2.15. The minimum Gasteiger partial charge on any atom is -0.329 e. The van der Waals surface area contributed by atoms with Crippen molar-refractivity contribution in [2.75, 3.05) is 0 Å². The average molecular weight is 279 g/mol. The Morgan fingerprint density at radius 3 is 2.78 bits per heavy atom. The zero-order chi connectivity index (χ0) is 13.5. The van der Waals surface area contributed by atoms with Gasteiger partial charge in [-0.2, -0.15) is 8.78 Å². The highest BCUT2D eigenvalue weighted by Crippen LogP contribution is 2.27. The number of aromatic amines is 1. The SMILES string of the molecule is Cc1ccnc2c1[nH]c(=S)n2CC(F)(F)C(F)F. The molecule has 0 aliphatic rings. The van der Waals surface area contributed by atoms with E-state index in [0.29, 0.717) is 5.52 Å². The predicted molar refractivity (Wildman–Crippen MR) is 60.6 cm³/mol. The van der Waals surface area contributed by atoms with Crippen LogP contribution in [-0.2, 0) is 6.54 Å². The van der Waals surface area contributed by atoms with E-state index in [-0.39, 0.29) is 10.4 Å². The molecule has 98 valence electrons. The summed E-state index contributed by atoms with van der Waals surface area (Å²) in [4.78, 5) is 6.59. The normalized spacial score (nSPS) is 12.6. The fourth-order valence-electron chi connectivity index (χ4n) is 1.60. The Kier molecular flexibility index (Phi) is 3.14. The largest absolute Gasteiger partial charge is 0.329 e. The number of imidazole rings is 1. The summed E-state index contributed by atoms with van der Waals surface area (Å²) in [5, 5.41) is 0. The smallest absolute Gasteiger partial charge is 0.325 e. The van der Waals surface area contributed by atoms with Gasteiger partial charge in [-0.05, 0) is 30.8 Å². The second kappa shape index (κ2) is 4.34. The third-order valence-electron chi connectivity index (χ3n) is 2.56. The number of nitrogens with zero attached hydrogens (tertiary/aromatic N) is 2. The van der Waals surface area contributed by atoms with E-state index in [0.717, 1.165) is 10.1 Å². The zero-order valence-corrected chi connectivity index (χ0v) is 10.1. The van der Waals surface area contributed by atoms with Gasteiger partial charge in [-0.3, -0.25) is 4.57 Å². The van der Waals surface area contributed by atoms with Gasteiger partial charge < -0.3 is 4.98 Å². The Bertz CT molecular complexity index is 632. The van der Waals surface area contributed by atoms with E-state index in [1.807, 2.05) is 0 Å². The number of pyridine rings is 1. The molecule has 0 unspecified atom stereocenters. The van der Waals surface area contributed by atoms with Gasteiger partial charge in [-0.25, -0.2) is 13.8 Å². The molecule has 0 atom stereocenters. The van der Waals surface area contributed by atoms with Crippen molar-refractivity contribution >= 4 is 23.4 Å². The summed E-state index contributed by atoms with van der Waals surface area (Å²) >= 11 is 4.86. The van der Waals surface area contributed by atoms with Crippen molar-refractivity contribution in [2.24, 2.45) is 0 Å². The van der Waals surface area contributed by atoms with Gasteiger partial charge in [0, 0.05) is 6.20 Å². The van der Waals surface area contributed by atoms with Crippen LogP contribution in [0.1, 0.15) is 5.56 Å². The number of rotatable bonds is 3. The maximum absolute atomic E-state index is 13.1. The topological polar surface area (TPSA) is 33.6 Å². The van der Waals surface area contributed by atoms with Crippen LogP contribution in [0, 0.1) is 11.7 Å². The number of hydrogen-bond donors (Lipinski definition) is 1. The molecule has 2 aromatic heterocycles. The summed E-state index contributed by atoms with van der Waals surface area (Å²) in [6, 6.07) is 1.67. The van der Waals surface area contributed by atoms with Crippen LogP contribution in [0.3, 0.4) is 0 Å². The van der Waals surface area contributed by atoms with E-state index in [1.54, 1.807) is 13.0 Å². The van der Waals surface area contributed by atoms with Crippen LogP contribution in [-0.4, -0.2) is 26.9 Å². The Balaban J connectivity index is 2.56. The molecule has 3 nitrogen and oxygen atoms in total. The van der Waals surface area contributed by atoms with Crippen LogP contribution < -0.4 is 0 Å². The van der Waals surface area contributed by atoms with Crippen LogP contribution in [0.4, 0.5) is 17.6 Å². The molecule has 0 aliphatic carbocycles. The minimum absolute atomic E-state index is 0.0490. The van der Waals surface area contributed by atoms with E-state index in [1.165, 1.54) is 6.20 Å². The summed E-state index contributed by atoms with van der Waals surface area (Å²) in [6.45, 7) is 0.546. The first-order valence-electron chi connectivity index (χ1n) is 5.03. The van der Waals surface area contributed by atoms with Gasteiger partial charge in [0.15, 0.2) is 10.4 Å². The summed E-state index contributed by atoms with van der Waals surface area (Å²) in [5.41, 5.74) is 1.39. The van der Waals surface area contributed by atoms with Gasteiger partial charge in [0.1, 0.15) is 0 Å². The molecule has 0 saturated carbocycles. The fourth-order valence-corrected chi connectivity index (χ4v) is 1.85. The van der Waals surface area contributed by atoms with Crippen molar-refractivity contribution in [2.45, 2.75) is 25.8 Å². The van der Waals surface area contributed by atoms with Crippen LogP contribution in [0.15, 0.2) is 12.3 Å². The molecule has 0 radical (unpaired) electrons. The van der Waals surface area contributed by atoms with E-state index in [2.05, 4.69) is 9.97 Å². The highest BCUT2D eigenvalue weighted by atomic mass is 32.1. The van der Waals surface area contributed by atoms with E-state index >= 15 is 0 Å². The van der Waals surface area contributed by atoms with Crippen molar-refractivity contribution in [1.82, 2.24) is 14.5 Å². The Labute approximate surface area is 104 Å². The van der Waals surface area contributed by atoms with Crippen LogP contribution >= 0.6 is 12.2 Å². The van der Waals surface area contributed by atoms with Crippen molar-refractivity contribution in [3.63, 3.8) is 0 Å². The Hall–Kier alpha value is -1.44. The average Bonchev–Trinajstić information content (AvgIpc) is 2.57. The number of H-pyrrole nitrogens is 1. The highest BCUT2D eigenvalue weighted by Gasteiger charge is 2.41. The molecule has 0 saturated heterocycles. The summed E-state index contributed by atoms with van der Waals surface area (Å²) in [7, 11) is 0. The summed E-state index contributed by atoms with van der Waals surface area (Å²) in [5.74, 6) is -4.14. The molecule has 2 aromatic rings. The standard InChI is InChI=1S/C10H9F4N3S/c1-5-2-3-15-7-6(5)16-9(18)17(7)4-10(13,14)8(11)12/h2-3,8H,4H2,1H3,(H,16,18). The predicted octanol–water partition coefficient (Wildman–Crippen LogP) is 3.30. The van der Waals surface area contributed by atoms with Gasteiger partial charge in [0.25, 0.3) is 0 Å². The van der Waals surface area contributed by atoms with Gasteiger partial charge in [0.2, 0.25) is 0 Å². The molecule has 0 bridgehead atoms. The fraction of sp³-hybridized carbons (Fsp3) is 0.400. The first-order chi connectivity index (χ1) is 8.33. The van der Waals surface area contributed by atoms with Crippen molar-refractivity contribution in [3.05, 3.63) is 22.6 Å². The number of nitrogens with one attached hydrogen (secondary N) is 1. The number of alkyl halides is 4. The quantitative estimate of drug-likeness (QED) is 0.691. The molecular formula is C10H9F4N3S. The molecular weight excluding hydrogens is 270 g/mol. The molecule has 0 spiro atoms. The Morgan fingerprint density at radius 2 is 2.17 bits per heavy atom. The monoisotopic (exact) mass is 279 g/mol. The number of hydrogen-bond acceptors (Lipinski definition) is 2. The number of aryl methyl sites for hydroxylation is 1. The maximum atomic E-state index is 13.1. The molecule has 1 N–H and O–H groups in total. The van der Waals surface area contributed by atoms with Crippen LogP contribution in [0.2, 0.25) is 0 Å². The van der Waals surface area contributed by atoms with E-state index < -0.39 is 18.9 Å². The van der Waals surface area contributed by atoms with Gasteiger partial charge in [0.05, 0.1) is 12.1 Å². The van der Waals surface area contributed by atoms with Crippen molar-refractivity contribution < 1.29 is 17.6 Å². The molecule has 8 heteroatoms. The Morgan fingerprint density at radius 1 is 1.50 bits per heavy atom. The zero-order valence-electron chi connectivity index (χ0n) is 9.25. The molecule has 0 aliphatic heterocycles. The first-order valence-corrected chi connectivity index (χ1v) is 5.44. The second-order valence-corrected chi connectivity index (χ2v) is 4.29. The molecule has 2 rings (SSSR count). The van der Waals surface area contributed by atoms with Crippen LogP contribution in [0.5, 0.6) is 0 Å². The highest BCUT2D eigenvalue weighted by molar-refractivity contribution is 7.71.